The van der Waals surface area contributed by atoms with Crippen LogP contribution < -0.4 is 5.32 Å². The summed E-state index contributed by atoms with van der Waals surface area (Å²) in [7, 11) is 2.05. The van der Waals surface area contributed by atoms with Crippen LogP contribution in [-0.4, -0.2) is 65.7 Å². The Morgan fingerprint density at radius 1 is 1.26 bits per heavy atom. The van der Waals surface area contributed by atoms with Gasteiger partial charge in [-0.3, -0.25) is 4.79 Å². The van der Waals surface area contributed by atoms with Crippen LogP contribution in [0, 0.1) is 5.92 Å². The number of rotatable bonds is 2. The van der Waals surface area contributed by atoms with Gasteiger partial charge in [0.1, 0.15) is 0 Å². The van der Waals surface area contributed by atoms with Crippen molar-refractivity contribution in [2.45, 2.75) is 38.3 Å². The molecule has 0 aliphatic carbocycles. The molecule has 2 saturated heterocycles. The third kappa shape index (κ3) is 3.37. The maximum Gasteiger partial charge on any atom is 0.317 e. The summed E-state index contributed by atoms with van der Waals surface area (Å²) in [6.07, 6.45) is 2.09. The fraction of sp³-hybridized carbons (Fsp3) is 0.846. The number of carbonyl (C=O) groups excluding carboxylic acids is 1. The normalized spacial score (nSPS) is 32.3. The van der Waals surface area contributed by atoms with E-state index in [0.29, 0.717) is 19.4 Å². The van der Waals surface area contributed by atoms with Gasteiger partial charge in [0.25, 0.3) is 0 Å². The topological polar surface area (TPSA) is 72.9 Å². The van der Waals surface area contributed by atoms with E-state index >= 15 is 0 Å². The van der Waals surface area contributed by atoms with Gasteiger partial charge in [-0.15, -0.1) is 0 Å². The molecule has 0 aromatic carbocycles. The Morgan fingerprint density at radius 2 is 2.00 bits per heavy atom. The van der Waals surface area contributed by atoms with Crippen LogP contribution >= 0.6 is 0 Å². The zero-order valence-corrected chi connectivity index (χ0v) is 11.6. The van der Waals surface area contributed by atoms with E-state index in [1.165, 1.54) is 0 Å². The number of carboxylic acids is 1. The molecule has 6 nitrogen and oxygen atoms in total. The van der Waals surface area contributed by atoms with Crippen molar-refractivity contribution < 1.29 is 14.7 Å². The maximum atomic E-state index is 12.2. The van der Waals surface area contributed by atoms with Crippen LogP contribution in [-0.2, 0) is 4.79 Å². The monoisotopic (exact) mass is 269 g/mol. The zero-order chi connectivity index (χ0) is 14.0. The molecule has 2 aliphatic heterocycles. The molecule has 0 radical (unpaired) electrons. The molecule has 2 N–H and O–H groups in total. The van der Waals surface area contributed by atoms with E-state index in [1.54, 1.807) is 4.90 Å². The highest BCUT2D eigenvalue weighted by Crippen LogP contribution is 2.23. The van der Waals surface area contributed by atoms with Gasteiger partial charge < -0.3 is 20.2 Å². The number of nitrogens with zero attached hydrogens (tertiary/aromatic N) is 2. The predicted octanol–water partition coefficient (Wildman–Crippen LogP) is 0.585. The van der Waals surface area contributed by atoms with Gasteiger partial charge in [0.15, 0.2) is 0 Å². The lowest BCUT2D eigenvalue weighted by molar-refractivity contribution is -0.143. The molecule has 6 heteroatoms. The molecule has 0 bridgehead atoms. The van der Waals surface area contributed by atoms with E-state index in [4.69, 9.17) is 5.11 Å². The summed E-state index contributed by atoms with van der Waals surface area (Å²) < 4.78 is 0. The van der Waals surface area contributed by atoms with Crippen LogP contribution in [0.25, 0.3) is 0 Å². The number of nitrogens with one attached hydrogen (secondary N) is 1. The molecule has 2 heterocycles. The number of aliphatic carboxylic acids is 1. The average molecular weight is 269 g/mol. The van der Waals surface area contributed by atoms with Crippen molar-refractivity contribution in [1.29, 1.82) is 0 Å². The first-order valence-electron chi connectivity index (χ1n) is 6.96. The number of likely N-dealkylation sites (tertiary alicyclic amines) is 2. The van der Waals surface area contributed by atoms with Crippen LogP contribution in [0.4, 0.5) is 4.79 Å². The van der Waals surface area contributed by atoms with Crippen molar-refractivity contribution in [1.82, 2.24) is 15.1 Å². The highest BCUT2D eigenvalue weighted by Gasteiger charge is 2.33. The van der Waals surface area contributed by atoms with E-state index in [-0.39, 0.29) is 24.0 Å². The van der Waals surface area contributed by atoms with Gasteiger partial charge in [-0.2, -0.15) is 0 Å². The molecule has 2 rings (SSSR count). The number of hydrogen-bond acceptors (Lipinski definition) is 3. The molecule has 0 aromatic heterocycles. The Morgan fingerprint density at radius 3 is 2.53 bits per heavy atom. The Bertz CT molecular complexity index is 361. The smallest absolute Gasteiger partial charge is 0.317 e. The minimum Gasteiger partial charge on any atom is -0.481 e. The molecule has 2 amide bonds. The molecule has 0 saturated carbocycles. The minimum absolute atomic E-state index is 0.00557. The second-order valence-electron chi connectivity index (χ2n) is 5.80. The van der Waals surface area contributed by atoms with Crippen LogP contribution in [0.5, 0.6) is 0 Å². The Balaban J connectivity index is 1.84. The van der Waals surface area contributed by atoms with Crippen molar-refractivity contribution in [2.24, 2.45) is 5.92 Å². The Kier molecular flexibility index (Phi) is 4.29. The van der Waals surface area contributed by atoms with Gasteiger partial charge in [-0.25, -0.2) is 4.79 Å². The second-order valence-corrected chi connectivity index (χ2v) is 5.80. The third-order valence-electron chi connectivity index (χ3n) is 4.21. The maximum absolute atomic E-state index is 12.2. The average Bonchev–Trinajstić information content (AvgIpc) is 2.74. The van der Waals surface area contributed by atoms with Crippen LogP contribution in [0.2, 0.25) is 0 Å². The molecule has 3 atom stereocenters. The molecule has 19 heavy (non-hydrogen) atoms. The fourth-order valence-electron chi connectivity index (χ4n) is 3.01. The van der Waals surface area contributed by atoms with Gasteiger partial charge in [0.05, 0.1) is 5.92 Å². The SMILES string of the molecule is CC1CC(C(=O)O)CCN1C(=O)NC1CCN(C)C1. The van der Waals surface area contributed by atoms with Crippen molar-refractivity contribution >= 4 is 12.0 Å². The second kappa shape index (κ2) is 5.77. The molecule has 108 valence electrons. The fourth-order valence-corrected chi connectivity index (χ4v) is 3.01. The lowest BCUT2D eigenvalue weighted by Crippen LogP contribution is -2.52. The summed E-state index contributed by atoms with van der Waals surface area (Å²) in [6.45, 7) is 4.37. The Labute approximate surface area is 113 Å². The van der Waals surface area contributed by atoms with Crippen LogP contribution in [0.3, 0.4) is 0 Å². The van der Waals surface area contributed by atoms with Gasteiger partial charge in [-0.1, -0.05) is 0 Å². The van der Waals surface area contributed by atoms with Crippen molar-refractivity contribution in [3.8, 4) is 0 Å². The molecular formula is C13H23N3O3. The standard InChI is InChI=1S/C13H23N3O3/c1-9-7-10(12(17)18)3-6-16(9)13(19)14-11-4-5-15(2)8-11/h9-11H,3-8H2,1-2H3,(H,14,19)(H,17,18). The van der Waals surface area contributed by atoms with E-state index < -0.39 is 5.97 Å². The first kappa shape index (κ1) is 14.1. The van der Waals surface area contributed by atoms with E-state index in [0.717, 1.165) is 19.5 Å². The van der Waals surface area contributed by atoms with Gasteiger partial charge in [-0.05, 0) is 39.8 Å². The molecule has 0 aromatic rings. The van der Waals surface area contributed by atoms with Gasteiger partial charge in [0.2, 0.25) is 0 Å². The lowest BCUT2D eigenvalue weighted by Gasteiger charge is -2.36. The van der Waals surface area contributed by atoms with Crippen molar-refractivity contribution in [2.75, 3.05) is 26.7 Å². The number of amides is 2. The Hall–Kier alpha value is -1.30. The minimum atomic E-state index is -0.746. The van der Waals surface area contributed by atoms with E-state index in [2.05, 4.69) is 10.2 Å². The quantitative estimate of drug-likeness (QED) is 0.769. The highest BCUT2D eigenvalue weighted by molar-refractivity contribution is 5.76. The zero-order valence-electron chi connectivity index (χ0n) is 11.6. The summed E-state index contributed by atoms with van der Waals surface area (Å²) in [6, 6.07) is 0.174. The molecule has 2 fully saturated rings. The summed E-state index contributed by atoms with van der Waals surface area (Å²) in [5.74, 6) is -1.05. The molecule has 0 spiro atoms. The summed E-state index contributed by atoms with van der Waals surface area (Å²) >= 11 is 0. The molecular weight excluding hydrogens is 246 g/mol. The number of piperidine rings is 1. The summed E-state index contributed by atoms with van der Waals surface area (Å²) in [5.41, 5.74) is 0. The van der Waals surface area contributed by atoms with E-state index in [9.17, 15) is 9.59 Å². The predicted molar refractivity (Wildman–Crippen MR) is 71.0 cm³/mol. The number of carbonyl (C=O) groups is 2. The lowest BCUT2D eigenvalue weighted by atomic mass is 9.92. The van der Waals surface area contributed by atoms with Crippen molar-refractivity contribution in [3.05, 3.63) is 0 Å². The highest BCUT2D eigenvalue weighted by atomic mass is 16.4. The molecule has 3 unspecified atom stereocenters. The first-order valence-corrected chi connectivity index (χ1v) is 6.96. The van der Waals surface area contributed by atoms with Crippen molar-refractivity contribution in [3.63, 3.8) is 0 Å². The first-order chi connectivity index (χ1) is 8.97. The van der Waals surface area contributed by atoms with Crippen LogP contribution in [0.1, 0.15) is 26.2 Å². The molecule has 2 aliphatic rings. The number of carboxylic acid groups (broad SMARTS) is 1. The van der Waals surface area contributed by atoms with Crippen LogP contribution in [0.15, 0.2) is 0 Å². The number of urea groups is 1. The number of hydrogen-bond donors (Lipinski definition) is 2. The number of likely N-dealkylation sites (N-methyl/N-ethyl adjacent to an activating group) is 1. The summed E-state index contributed by atoms with van der Waals surface area (Å²) in [4.78, 5) is 27.1. The third-order valence-corrected chi connectivity index (χ3v) is 4.21. The van der Waals surface area contributed by atoms with Gasteiger partial charge in [0, 0.05) is 25.2 Å². The summed E-state index contributed by atoms with van der Waals surface area (Å²) in [5, 5.41) is 12.1. The van der Waals surface area contributed by atoms with Gasteiger partial charge >= 0.3 is 12.0 Å². The largest absolute Gasteiger partial charge is 0.481 e. The van der Waals surface area contributed by atoms with E-state index in [1.807, 2.05) is 14.0 Å².